The molecule has 0 fully saturated rings. The maximum absolute atomic E-state index is 12.6. The third kappa shape index (κ3) is 4.04. The van der Waals surface area contributed by atoms with Crippen molar-refractivity contribution in [1.29, 1.82) is 0 Å². The van der Waals surface area contributed by atoms with Crippen LogP contribution in [0.3, 0.4) is 0 Å². The Morgan fingerprint density at radius 3 is 2.70 bits per heavy atom. The highest BCUT2D eigenvalue weighted by Crippen LogP contribution is 2.18. The summed E-state index contributed by atoms with van der Waals surface area (Å²) in [6, 6.07) is -0.00218. The van der Waals surface area contributed by atoms with E-state index in [1.807, 2.05) is 27.8 Å². The third-order valence-corrected chi connectivity index (χ3v) is 5.47. The number of sulfonamides is 1. The Morgan fingerprint density at radius 1 is 1.45 bits per heavy atom. The van der Waals surface area contributed by atoms with Gasteiger partial charge in [-0.2, -0.15) is 9.40 Å². The van der Waals surface area contributed by atoms with Gasteiger partial charge in [-0.3, -0.25) is 4.68 Å². The predicted octanol–water partition coefficient (Wildman–Crippen LogP) is 1.30. The highest BCUT2D eigenvalue weighted by atomic mass is 32.2. The van der Waals surface area contributed by atoms with Crippen molar-refractivity contribution < 1.29 is 8.42 Å². The number of hydrogen-bond acceptors (Lipinski definition) is 4. The second kappa shape index (κ2) is 7.75. The van der Waals surface area contributed by atoms with Gasteiger partial charge in [-0.15, -0.1) is 0 Å². The number of aryl methyl sites for hydroxylation is 1. The van der Waals surface area contributed by atoms with Gasteiger partial charge in [0.1, 0.15) is 4.90 Å². The van der Waals surface area contributed by atoms with Gasteiger partial charge in [-0.05, 0) is 33.4 Å². The summed E-state index contributed by atoms with van der Waals surface area (Å²) in [5.74, 6) is 0. The lowest BCUT2D eigenvalue weighted by Crippen LogP contribution is -2.37. The molecule has 1 aromatic rings. The molecule has 0 aliphatic rings. The smallest absolute Gasteiger partial charge is 0.246 e. The molecular formula is C13H26N4O2S. The zero-order valence-electron chi connectivity index (χ0n) is 12.8. The van der Waals surface area contributed by atoms with Crippen LogP contribution >= 0.6 is 0 Å². The van der Waals surface area contributed by atoms with Crippen LogP contribution in [0, 0.1) is 0 Å². The summed E-state index contributed by atoms with van der Waals surface area (Å²) in [6.45, 7) is 7.85. The molecule has 0 aliphatic heterocycles. The van der Waals surface area contributed by atoms with Gasteiger partial charge in [0.2, 0.25) is 10.0 Å². The van der Waals surface area contributed by atoms with E-state index in [4.69, 9.17) is 0 Å². The SMILES string of the molecule is CCC(C)N(CC)S(=O)(=O)c1cnn(CCCNC)c1. The fraction of sp³-hybridized carbons (Fsp3) is 0.769. The Morgan fingerprint density at radius 2 is 2.15 bits per heavy atom. The average molecular weight is 302 g/mol. The lowest BCUT2D eigenvalue weighted by Gasteiger charge is -2.25. The maximum Gasteiger partial charge on any atom is 0.246 e. The topological polar surface area (TPSA) is 67.2 Å². The molecule has 20 heavy (non-hydrogen) atoms. The highest BCUT2D eigenvalue weighted by molar-refractivity contribution is 7.89. The first-order valence-electron chi connectivity index (χ1n) is 7.16. The van der Waals surface area contributed by atoms with Crippen LogP contribution in [0.15, 0.2) is 17.3 Å². The number of rotatable bonds is 9. The second-order valence-corrected chi connectivity index (χ2v) is 6.75. The van der Waals surface area contributed by atoms with Gasteiger partial charge in [-0.1, -0.05) is 13.8 Å². The van der Waals surface area contributed by atoms with Crippen LogP contribution in [0.25, 0.3) is 0 Å². The van der Waals surface area contributed by atoms with Gasteiger partial charge in [-0.25, -0.2) is 8.42 Å². The lowest BCUT2D eigenvalue weighted by atomic mass is 10.3. The van der Waals surface area contributed by atoms with Crippen LogP contribution in [0.1, 0.15) is 33.6 Å². The molecule has 6 nitrogen and oxygen atoms in total. The Hall–Kier alpha value is -0.920. The molecule has 7 heteroatoms. The zero-order chi connectivity index (χ0) is 15.2. The van der Waals surface area contributed by atoms with Crippen molar-refractivity contribution in [3.63, 3.8) is 0 Å². The fourth-order valence-corrected chi connectivity index (χ4v) is 3.74. The number of nitrogens with one attached hydrogen (secondary N) is 1. The van der Waals surface area contributed by atoms with Crippen LogP contribution in [0.4, 0.5) is 0 Å². The largest absolute Gasteiger partial charge is 0.320 e. The highest BCUT2D eigenvalue weighted by Gasteiger charge is 2.27. The first-order valence-corrected chi connectivity index (χ1v) is 8.60. The number of nitrogens with zero attached hydrogens (tertiary/aromatic N) is 3. The van der Waals surface area contributed by atoms with Crippen LogP contribution < -0.4 is 5.32 Å². The van der Waals surface area contributed by atoms with Crippen LogP contribution in [-0.4, -0.2) is 48.7 Å². The molecule has 0 bridgehead atoms. The Balaban J connectivity index is 2.87. The molecule has 116 valence electrons. The fourth-order valence-electron chi connectivity index (χ4n) is 2.08. The minimum atomic E-state index is -3.44. The van der Waals surface area contributed by atoms with Crippen molar-refractivity contribution in [2.75, 3.05) is 20.1 Å². The van der Waals surface area contributed by atoms with E-state index in [0.29, 0.717) is 13.1 Å². The van der Waals surface area contributed by atoms with Gasteiger partial charge in [0.05, 0.1) is 6.20 Å². The van der Waals surface area contributed by atoms with Gasteiger partial charge < -0.3 is 5.32 Å². The minimum Gasteiger partial charge on any atom is -0.320 e. The first-order chi connectivity index (χ1) is 9.47. The maximum atomic E-state index is 12.6. The van der Waals surface area contributed by atoms with Crippen molar-refractivity contribution in [1.82, 2.24) is 19.4 Å². The standard InChI is InChI=1S/C13H26N4O2S/c1-5-12(3)17(6-2)20(18,19)13-10-15-16(11-13)9-7-8-14-4/h10-12,14H,5-9H2,1-4H3. The van der Waals surface area contributed by atoms with Crippen molar-refractivity contribution in [3.05, 3.63) is 12.4 Å². The molecule has 1 unspecified atom stereocenters. The lowest BCUT2D eigenvalue weighted by molar-refractivity contribution is 0.342. The molecule has 0 aliphatic carbocycles. The number of aromatic nitrogens is 2. The van der Waals surface area contributed by atoms with E-state index in [1.165, 1.54) is 10.5 Å². The first kappa shape index (κ1) is 17.1. The molecule has 1 rings (SSSR count). The van der Waals surface area contributed by atoms with E-state index in [2.05, 4.69) is 10.4 Å². The molecule has 1 N–H and O–H groups in total. The molecule has 1 heterocycles. The van der Waals surface area contributed by atoms with Crippen molar-refractivity contribution in [3.8, 4) is 0 Å². The molecule has 0 radical (unpaired) electrons. The monoisotopic (exact) mass is 302 g/mol. The quantitative estimate of drug-likeness (QED) is 0.698. The second-order valence-electron chi connectivity index (χ2n) is 4.86. The minimum absolute atomic E-state index is 0.00218. The van der Waals surface area contributed by atoms with Crippen LogP contribution in [0.2, 0.25) is 0 Å². The summed E-state index contributed by atoms with van der Waals surface area (Å²) in [5.41, 5.74) is 0. The summed E-state index contributed by atoms with van der Waals surface area (Å²) in [6.07, 6.45) is 4.78. The van der Waals surface area contributed by atoms with Gasteiger partial charge in [0.15, 0.2) is 0 Å². The van der Waals surface area contributed by atoms with Crippen molar-refractivity contribution >= 4 is 10.0 Å². The molecule has 1 aromatic heterocycles. The molecule has 0 saturated heterocycles. The third-order valence-electron chi connectivity index (χ3n) is 3.42. The van der Waals surface area contributed by atoms with E-state index < -0.39 is 10.0 Å². The van der Waals surface area contributed by atoms with Gasteiger partial charge in [0, 0.05) is 25.3 Å². The van der Waals surface area contributed by atoms with E-state index in [1.54, 1.807) is 10.9 Å². The Labute approximate surface area is 122 Å². The van der Waals surface area contributed by atoms with E-state index in [-0.39, 0.29) is 10.9 Å². The van der Waals surface area contributed by atoms with Crippen LogP contribution in [0.5, 0.6) is 0 Å². The molecular weight excluding hydrogens is 276 g/mol. The summed E-state index contributed by atoms with van der Waals surface area (Å²) in [5, 5.41) is 7.20. The van der Waals surface area contributed by atoms with Crippen molar-refractivity contribution in [2.24, 2.45) is 0 Å². The summed E-state index contributed by atoms with van der Waals surface area (Å²) in [7, 11) is -1.54. The summed E-state index contributed by atoms with van der Waals surface area (Å²) >= 11 is 0. The average Bonchev–Trinajstić information content (AvgIpc) is 2.89. The normalized spacial score (nSPS) is 13.8. The van der Waals surface area contributed by atoms with Gasteiger partial charge in [0.25, 0.3) is 0 Å². The van der Waals surface area contributed by atoms with E-state index >= 15 is 0 Å². The van der Waals surface area contributed by atoms with Crippen LogP contribution in [-0.2, 0) is 16.6 Å². The zero-order valence-corrected chi connectivity index (χ0v) is 13.7. The van der Waals surface area contributed by atoms with E-state index in [0.717, 1.165) is 19.4 Å². The molecule has 1 atom stereocenters. The van der Waals surface area contributed by atoms with Gasteiger partial charge >= 0.3 is 0 Å². The van der Waals surface area contributed by atoms with E-state index in [9.17, 15) is 8.42 Å². The Kier molecular flexibility index (Phi) is 6.64. The summed E-state index contributed by atoms with van der Waals surface area (Å²) < 4.78 is 28.4. The molecule has 0 spiro atoms. The molecule has 0 amide bonds. The Bertz CT molecular complexity index is 498. The molecule has 0 saturated carbocycles. The number of hydrogen-bond donors (Lipinski definition) is 1. The summed E-state index contributed by atoms with van der Waals surface area (Å²) in [4.78, 5) is 0.282. The predicted molar refractivity (Wildman–Crippen MR) is 80.1 cm³/mol. The van der Waals surface area contributed by atoms with Crippen molar-refractivity contribution in [2.45, 2.75) is 51.1 Å². The molecule has 0 aromatic carbocycles.